The summed E-state index contributed by atoms with van der Waals surface area (Å²) in [7, 11) is 1.56. The molecule has 1 aliphatic rings. The van der Waals surface area contributed by atoms with Gasteiger partial charge in [0.15, 0.2) is 11.5 Å². The number of aromatic nitrogens is 2. The topological polar surface area (TPSA) is 103 Å². The maximum absolute atomic E-state index is 13.1. The first-order valence-corrected chi connectivity index (χ1v) is 11.8. The lowest BCUT2D eigenvalue weighted by atomic mass is 10.1. The second kappa shape index (κ2) is 10.5. The van der Waals surface area contributed by atoms with Crippen molar-refractivity contribution in [3.8, 4) is 27.8 Å². The van der Waals surface area contributed by atoms with E-state index in [0.717, 1.165) is 12.0 Å². The van der Waals surface area contributed by atoms with E-state index in [1.807, 2.05) is 32.0 Å². The number of ether oxygens (including phenoxy) is 3. The zero-order valence-corrected chi connectivity index (χ0v) is 20.1. The third-order valence-corrected chi connectivity index (χ3v) is 6.46. The van der Waals surface area contributed by atoms with E-state index in [4.69, 9.17) is 14.2 Å². The van der Waals surface area contributed by atoms with Gasteiger partial charge in [-0.25, -0.2) is 0 Å². The normalized spacial score (nSPS) is 12.8. The van der Waals surface area contributed by atoms with Gasteiger partial charge in [0, 0.05) is 30.1 Å². The molecule has 0 aliphatic carbocycles. The number of carbonyl (C=O) groups is 2. The van der Waals surface area contributed by atoms with E-state index >= 15 is 0 Å². The minimum absolute atomic E-state index is 0.0226. The maximum atomic E-state index is 13.1. The van der Waals surface area contributed by atoms with Crippen LogP contribution < -0.4 is 19.5 Å². The number of hydrogen-bond acceptors (Lipinski definition) is 8. The Morgan fingerprint density at radius 1 is 1.18 bits per heavy atom. The van der Waals surface area contributed by atoms with Gasteiger partial charge >= 0.3 is 0 Å². The summed E-state index contributed by atoms with van der Waals surface area (Å²) in [6.07, 6.45) is 0.908. The molecule has 2 amide bonds. The summed E-state index contributed by atoms with van der Waals surface area (Å²) < 4.78 is 16.0. The Morgan fingerprint density at radius 3 is 2.79 bits per heavy atom. The molecule has 9 nitrogen and oxygen atoms in total. The van der Waals surface area contributed by atoms with E-state index in [-0.39, 0.29) is 37.6 Å². The van der Waals surface area contributed by atoms with Gasteiger partial charge in [-0.2, -0.15) is 0 Å². The molecular weight excluding hydrogens is 456 g/mol. The first-order valence-electron chi connectivity index (χ1n) is 11.0. The molecule has 4 rings (SSSR count). The number of hydrogen-bond donors (Lipinski definition) is 1. The highest BCUT2D eigenvalue weighted by Gasteiger charge is 2.22. The van der Waals surface area contributed by atoms with Gasteiger partial charge in [0.1, 0.15) is 10.8 Å². The van der Waals surface area contributed by atoms with Crippen molar-refractivity contribution in [1.82, 2.24) is 15.1 Å². The standard InChI is InChI=1S/C24H26N4O5S/c1-4-15(2)28(23(30)17-6-5-7-18(12-17)31-3)11-10-21(29)25-24-27-26-22(34-24)16-8-9-19-20(13-16)33-14-32-19/h5-9,12-13,15H,4,10-11,14H2,1-3H3,(H,25,27,29). The highest BCUT2D eigenvalue weighted by atomic mass is 32.1. The van der Waals surface area contributed by atoms with Crippen LogP contribution in [0.25, 0.3) is 10.6 Å². The van der Waals surface area contributed by atoms with Gasteiger partial charge in [-0.3, -0.25) is 9.59 Å². The second-order valence-corrected chi connectivity index (χ2v) is 8.74. The van der Waals surface area contributed by atoms with Crippen LogP contribution in [0.1, 0.15) is 37.0 Å². The largest absolute Gasteiger partial charge is 0.497 e. The van der Waals surface area contributed by atoms with Gasteiger partial charge in [0.2, 0.25) is 17.8 Å². The van der Waals surface area contributed by atoms with Crippen molar-refractivity contribution in [1.29, 1.82) is 0 Å². The lowest BCUT2D eigenvalue weighted by molar-refractivity contribution is -0.116. The van der Waals surface area contributed by atoms with Crippen molar-refractivity contribution in [2.75, 3.05) is 25.8 Å². The van der Waals surface area contributed by atoms with Gasteiger partial charge in [0.05, 0.1) is 7.11 Å². The lowest BCUT2D eigenvalue weighted by Crippen LogP contribution is -2.40. The smallest absolute Gasteiger partial charge is 0.254 e. The van der Waals surface area contributed by atoms with Gasteiger partial charge in [-0.1, -0.05) is 24.3 Å². The monoisotopic (exact) mass is 482 g/mol. The van der Waals surface area contributed by atoms with Gasteiger partial charge in [-0.05, 0) is 49.7 Å². The number of nitrogens with one attached hydrogen (secondary N) is 1. The first kappa shape index (κ1) is 23.5. The number of methoxy groups -OCH3 is 1. The minimum atomic E-state index is -0.236. The minimum Gasteiger partial charge on any atom is -0.497 e. The molecule has 2 aromatic carbocycles. The molecule has 1 atom stereocenters. The third kappa shape index (κ3) is 5.28. The highest BCUT2D eigenvalue weighted by Crippen LogP contribution is 2.37. The summed E-state index contributed by atoms with van der Waals surface area (Å²) in [5.41, 5.74) is 1.35. The van der Waals surface area contributed by atoms with Crippen molar-refractivity contribution in [3.05, 3.63) is 48.0 Å². The van der Waals surface area contributed by atoms with Crippen LogP contribution >= 0.6 is 11.3 Å². The Kier molecular flexibility index (Phi) is 7.27. The number of nitrogens with zero attached hydrogens (tertiary/aromatic N) is 3. The van der Waals surface area contributed by atoms with E-state index in [9.17, 15) is 9.59 Å². The molecule has 10 heteroatoms. The number of rotatable bonds is 9. The zero-order chi connectivity index (χ0) is 24.1. The molecule has 0 radical (unpaired) electrons. The second-order valence-electron chi connectivity index (χ2n) is 7.77. The number of anilines is 1. The fraction of sp³-hybridized carbons (Fsp3) is 0.333. The predicted octanol–water partition coefficient (Wildman–Crippen LogP) is 4.21. The predicted molar refractivity (Wildman–Crippen MR) is 128 cm³/mol. The molecule has 34 heavy (non-hydrogen) atoms. The number of amides is 2. The Balaban J connectivity index is 1.38. The molecule has 1 N–H and O–H groups in total. The van der Waals surface area contributed by atoms with E-state index in [1.165, 1.54) is 11.3 Å². The van der Waals surface area contributed by atoms with Crippen LogP contribution in [0, 0.1) is 0 Å². The van der Waals surface area contributed by atoms with Crippen LogP contribution in [-0.4, -0.2) is 53.4 Å². The van der Waals surface area contributed by atoms with Crippen LogP contribution in [0.3, 0.4) is 0 Å². The summed E-state index contributed by atoms with van der Waals surface area (Å²) in [5, 5.41) is 12.1. The van der Waals surface area contributed by atoms with Crippen LogP contribution in [0.15, 0.2) is 42.5 Å². The van der Waals surface area contributed by atoms with Crippen LogP contribution in [0.4, 0.5) is 5.13 Å². The summed E-state index contributed by atoms with van der Waals surface area (Å²) in [5.74, 6) is 1.59. The zero-order valence-electron chi connectivity index (χ0n) is 19.2. The quantitative estimate of drug-likeness (QED) is 0.487. The fourth-order valence-electron chi connectivity index (χ4n) is 3.49. The molecule has 2 heterocycles. The van der Waals surface area contributed by atoms with Crippen LogP contribution in [0.5, 0.6) is 17.2 Å². The molecular formula is C24H26N4O5S. The number of carbonyl (C=O) groups excluding carboxylic acids is 2. The maximum Gasteiger partial charge on any atom is 0.254 e. The summed E-state index contributed by atoms with van der Waals surface area (Å²) in [6, 6.07) is 12.5. The molecule has 0 bridgehead atoms. The first-order chi connectivity index (χ1) is 16.5. The molecule has 0 fully saturated rings. The van der Waals surface area contributed by atoms with Crippen molar-refractivity contribution >= 4 is 28.3 Å². The Morgan fingerprint density at radius 2 is 2.00 bits per heavy atom. The molecule has 0 saturated carbocycles. The van der Waals surface area contributed by atoms with E-state index in [0.29, 0.717) is 33.0 Å². The van der Waals surface area contributed by atoms with E-state index < -0.39 is 0 Å². The van der Waals surface area contributed by atoms with Crippen LogP contribution in [0.2, 0.25) is 0 Å². The Bertz CT molecular complexity index is 1180. The Labute approximate surface area is 201 Å². The lowest BCUT2D eigenvalue weighted by Gasteiger charge is -2.28. The molecule has 1 aromatic heterocycles. The van der Waals surface area contributed by atoms with Crippen molar-refractivity contribution < 1.29 is 23.8 Å². The molecule has 0 saturated heterocycles. The van der Waals surface area contributed by atoms with E-state index in [2.05, 4.69) is 15.5 Å². The molecule has 0 spiro atoms. The molecule has 3 aromatic rings. The average molecular weight is 483 g/mol. The van der Waals surface area contributed by atoms with Crippen LogP contribution in [-0.2, 0) is 4.79 Å². The summed E-state index contributed by atoms with van der Waals surface area (Å²) >= 11 is 1.27. The third-order valence-electron chi connectivity index (χ3n) is 5.57. The van der Waals surface area contributed by atoms with Crippen molar-refractivity contribution in [3.63, 3.8) is 0 Å². The molecule has 178 valence electrons. The summed E-state index contributed by atoms with van der Waals surface area (Å²) in [4.78, 5) is 27.5. The average Bonchev–Trinajstić information content (AvgIpc) is 3.52. The van der Waals surface area contributed by atoms with Gasteiger partial charge < -0.3 is 24.4 Å². The number of benzene rings is 2. The molecule has 1 unspecified atom stereocenters. The van der Waals surface area contributed by atoms with Crippen molar-refractivity contribution in [2.24, 2.45) is 0 Å². The summed E-state index contributed by atoms with van der Waals surface area (Å²) in [6.45, 7) is 4.46. The molecule has 1 aliphatic heterocycles. The highest BCUT2D eigenvalue weighted by molar-refractivity contribution is 7.18. The van der Waals surface area contributed by atoms with E-state index in [1.54, 1.807) is 36.3 Å². The van der Waals surface area contributed by atoms with Gasteiger partial charge in [0.25, 0.3) is 5.91 Å². The van der Waals surface area contributed by atoms with Crippen molar-refractivity contribution in [2.45, 2.75) is 32.7 Å². The number of fused-ring (bicyclic) bond motifs is 1. The SMILES string of the molecule is CCC(C)N(CCC(=O)Nc1nnc(-c2ccc3c(c2)OCO3)s1)C(=O)c1cccc(OC)c1. The van der Waals surface area contributed by atoms with Gasteiger partial charge in [-0.15, -0.1) is 10.2 Å². The fourth-order valence-corrected chi connectivity index (χ4v) is 4.24. The Hall–Kier alpha value is -3.66.